The van der Waals surface area contributed by atoms with E-state index in [4.69, 9.17) is 0 Å². The molecule has 0 aliphatic rings. The first kappa shape index (κ1) is 62.0. The molecule has 0 saturated carbocycles. The molecular weight excluding hydrogens is 851 g/mol. The molecule has 8 heavy (non-hydrogen) atoms. The van der Waals surface area contributed by atoms with Gasteiger partial charge in [0.05, 0.1) is 0 Å². The third-order valence-electron chi connectivity index (χ3n) is 0. The third-order valence-corrected chi connectivity index (χ3v) is 0. The van der Waals surface area contributed by atoms with E-state index < -0.39 is 0 Å². The maximum Gasteiger partial charge on any atom is 1.00 e. The standard InChI is InChI=1S/6HI.K.V/h6*1H;;/q;;;;;;+1;/p-6. The molecule has 0 spiro atoms. The molecule has 8 heteroatoms. The van der Waals surface area contributed by atoms with Crippen molar-refractivity contribution in [3.8, 4) is 0 Å². The molecular formula is I6KV-5. The Morgan fingerprint density at radius 2 is 0.375 bits per heavy atom. The quantitative estimate of drug-likeness (QED) is 0.168. The zero-order valence-electron chi connectivity index (χ0n) is 3.72. The summed E-state index contributed by atoms with van der Waals surface area (Å²) in [5.74, 6) is 0. The molecule has 0 aliphatic heterocycles. The second-order valence-electron chi connectivity index (χ2n) is 0. The first-order valence-corrected chi connectivity index (χ1v) is 0. The molecule has 0 fully saturated rings. The van der Waals surface area contributed by atoms with Crippen LogP contribution in [0.25, 0.3) is 0 Å². The predicted molar refractivity (Wildman–Crippen MR) is 0 cm³/mol. The minimum absolute atomic E-state index is 0. The van der Waals surface area contributed by atoms with Crippen LogP contribution >= 0.6 is 0 Å². The van der Waals surface area contributed by atoms with Gasteiger partial charge < -0.3 is 144 Å². The van der Waals surface area contributed by atoms with Crippen LogP contribution in [0.1, 0.15) is 0 Å². The van der Waals surface area contributed by atoms with E-state index in [1.165, 1.54) is 0 Å². The fraction of sp³-hybridized carbons (Fsp3) is 0. The van der Waals surface area contributed by atoms with Crippen molar-refractivity contribution in [2.75, 3.05) is 0 Å². The van der Waals surface area contributed by atoms with Crippen molar-refractivity contribution in [1.82, 2.24) is 0 Å². The molecule has 0 saturated heterocycles. The largest absolute Gasteiger partial charge is 1.00 e. The van der Waals surface area contributed by atoms with Gasteiger partial charge in [0.2, 0.25) is 0 Å². The van der Waals surface area contributed by atoms with E-state index >= 15 is 0 Å². The van der Waals surface area contributed by atoms with Crippen LogP contribution in [0.4, 0.5) is 0 Å². The topological polar surface area (TPSA) is 0 Å². The minimum atomic E-state index is 0. The Balaban J connectivity index is 0. The zero-order valence-corrected chi connectivity index (χ0v) is 21.2. The first-order chi connectivity index (χ1) is 0. The van der Waals surface area contributed by atoms with Crippen LogP contribution < -0.4 is 195 Å². The average Bonchev–Trinajstić information content (AvgIpc) is 0. The van der Waals surface area contributed by atoms with Gasteiger partial charge in [0.1, 0.15) is 0 Å². The smallest absolute Gasteiger partial charge is 1.00 e. The van der Waals surface area contributed by atoms with Gasteiger partial charge in [0, 0.05) is 18.6 Å². The molecule has 0 nitrogen and oxygen atoms in total. The van der Waals surface area contributed by atoms with Crippen LogP contribution in [0.15, 0.2) is 0 Å². The molecule has 1 radical (unpaired) electrons. The Bertz CT molecular complexity index is 8.49. The number of halogens is 6. The van der Waals surface area contributed by atoms with E-state index in [0.29, 0.717) is 0 Å². The van der Waals surface area contributed by atoms with Crippen LogP contribution in [-0.2, 0) is 18.6 Å². The van der Waals surface area contributed by atoms with Gasteiger partial charge in [-0.2, -0.15) is 0 Å². The monoisotopic (exact) mass is 851 g/mol. The van der Waals surface area contributed by atoms with E-state index in [2.05, 4.69) is 0 Å². The van der Waals surface area contributed by atoms with Crippen LogP contribution in [0.3, 0.4) is 0 Å². The maximum absolute atomic E-state index is 0. The van der Waals surface area contributed by atoms with Gasteiger partial charge >= 0.3 is 51.4 Å². The molecule has 0 amide bonds. The molecule has 0 rings (SSSR count). The van der Waals surface area contributed by atoms with E-state index in [0.717, 1.165) is 0 Å². The Hall–Kier alpha value is 6.60. The molecule has 0 aromatic heterocycles. The second-order valence-corrected chi connectivity index (χ2v) is 0. The molecule has 0 aromatic rings. The molecule has 0 bridgehead atoms. The van der Waals surface area contributed by atoms with Gasteiger partial charge in [-0.3, -0.25) is 0 Å². The number of rotatable bonds is 0. The summed E-state index contributed by atoms with van der Waals surface area (Å²) >= 11 is 0. The van der Waals surface area contributed by atoms with Crippen molar-refractivity contribution in [1.29, 1.82) is 0 Å². The Kier molecular flexibility index (Phi) is 384. The van der Waals surface area contributed by atoms with Crippen molar-refractivity contribution in [2.45, 2.75) is 0 Å². The molecule has 0 heterocycles. The third kappa shape index (κ3) is 38.9. The molecule has 0 atom stereocenters. The van der Waals surface area contributed by atoms with E-state index in [9.17, 15) is 0 Å². The fourth-order valence-corrected chi connectivity index (χ4v) is 0. The molecule has 0 aliphatic carbocycles. The Morgan fingerprint density at radius 1 is 0.375 bits per heavy atom. The summed E-state index contributed by atoms with van der Waals surface area (Å²) in [4.78, 5) is 0. The summed E-state index contributed by atoms with van der Waals surface area (Å²) in [6.07, 6.45) is 0. The van der Waals surface area contributed by atoms with Gasteiger partial charge in [0.15, 0.2) is 0 Å². The van der Waals surface area contributed by atoms with Gasteiger partial charge in [-0.15, -0.1) is 0 Å². The van der Waals surface area contributed by atoms with Crippen LogP contribution in [0, 0.1) is 0 Å². The van der Waals surface area contributed by atoms with Gasteiger partial charge in [0.25, 0.3) is 0 Å². The minimum Gasteiger partial charge on any atom is -1.00 e. The second kappa shape index (κ2) is 49.6. The molecule has 53 valence electrons. The average molecular weight is 851 g/mol. The summed E-state index contributed by atoms with van der Waals surface area (Å²) in [5.41, 5.74) is 0. The summed E-state index contributed by atoms with van der Waals surface area (Å²) < 4.78 is 0. The summed E-state index contributed by atoms with van der Waals surface area (Å²) in [5, 5.41) is 0. The van der Waals surface area contributed by atoms with Crippen LogP contribution in [-0.4, -0.2) is 0 Å². The Labute approximate surface area is 207 Å². The van der Waals surface area contributed by atoms with E-state index in [1.54, 1.807) is 0 Å². The van der Waals surface area contributed by atoms with Crippen molar-refractivity contribution in [2.24, 2.45) is 0 Å². The molecule has 0 N–H and O–H groups in total. The van der Waals surface area contributed by atoms with Crippen molar-refractivity contribution in [3.05, 3.63) is 0 Å². The number of hydrogen-bond acceptors (Lipinski definition) is 0. The zero-order chi connectivity index (χ0) is 0. The summed E-state index contributed by atoms with van der Waals surface area (Å²) in [6, 6.07) is 0. The SMILES string of the molecule is [I-].[I-].[I-].[I-].[I-].[I-].[K+].[V]. The number of hydrogen-bond donors (Lipinski definition) is 0. The molecule has 0 aromatic carbocycles. The predicted octanol–water partition coefficient (Wildman–Crippen LogP) is -21.0. The summed E-state index contributed by atoms with van der Waals surface area (Å²) in [7, 11) is 0. The molecule has 0 unspecified atom stereocenters. The normalized spacial score (nSPS) is 0. The van der Waals surface area contributed by atoms with E-state index in [1.807, 2.05) is 0 Å². The van der Waals surface area contributed by atoms with Crippen molar-refractivity contribution < 1.29 is 214 Å². The maximum atomic E-state index is 0. The van der Waals surface area contributed by atoms with Crippen molar-refractivity contribution >= 4 is 0 Å². The van der Waals surface area contributed by atoms with Gasteiger partial charge in [-0.1, -0.05) is 0 Å². The van der Waals surface area contributed by atoms with Crippen LogP contribution in [0.5, 0.6) is 0 Å². The fourth-order valence-electron chi connectivity index (χ4n) is 0. The van der Waals surface area contributed by atoms with Crippen LogP contribution in [0.2, 0.25) is 0 Å². The Morgan fingerprint density at radius 3 is 0.375 bits per heavy atom. The van der Waals surface area contributed by atoms with E-state index in [-0.39, 0.29) is 214 Å². The van der Waals surface area contributed by atoms with Gasteiger partial charge in [-0.05, 0) is 0 Å². The summed E-state index contributed by atoms with van der Waals surface area (Å²) in [6.45, 7) is 0. The van der Waals surface area contributed by atoms with Crippen molar-refractivity contribution in [3.63, 3.8) is 0 Å². The van der Waals surface area contributed by atoms with Gasteiger partial charge in [-0.25, -0.2) is 0 Å². The first-order valence-electron chi connectivity index (χ1n) is 0.